The summed E-state index contributed by atoms with van der Waals surface area (Å²) < 4.78 is 4.55. The molecule has 18 heavy (non-hydrogen) atoms. The van der Waals surface area contributed by atoms with Crippen molar-refractivity contribution in [3.63, 3.8) is 0 Å². The van der Waals surface area contributed by atoms with E-state index in [1.54, 1.807) is 6.08 Å². The molecule has 0 amide bonds. The lowest BCUT2D eigenvalue weighted by atomic mass is 10.0. The second-order valence-electron chi connectivity index (χ2n) is 4.05. The number of methoxy groups -OCH3 is 1. The van der Waals surface area contributed by atoms with Crippen molar-refractivity contribution in [1.29, 1.82) is 0 Å². The van der Waals surface area contributed by atoms with Gasteiger partial charge in [0.15, 0.2) is 0 Å². The molecule has 3 heteroatoms. The van der Waals surface area contributed by atoms with Crippen LogP contribution < -0.4 is 0 Å². The summed E-state index contributed by atoms with van der Waals surface area (Å²) in [5, 5.41) is 2.72. The van der Waals surface area contributed by atoms with Gasteiger partial charge in [-0.15, -0.1) is 0 Å². The Morgan fingerprint density at radius 1 is 1.28 bits per heavy atom. The summed E-state index contributed by atoms with van der Waals surface area (Å²) >= 11 is 6.32. The molecule has 2 rings (SSSR count). The van der Waals surface area contributed by atoms with Gasteiger partial charge in [-0.2, -0.15) is 0 Å². The van der Waals surface area contributed by atoms with Crippen LogP contribution in [0, 0.1) is 6.92 Å². The fourth-order valence-corrected chi connectivity index (χ4v) is 2.08. The average Bonchev–Trinajstić information content (AvgIpc) is 2.37. The molecule has 0 spiro atoms. The number of carbonyl (C=O) groups excluding carboxylic acids is 1. The zero-order valence-electron chi connectivity index (χ0n) is 10.2. The van der Waals surface area contributed by atoms with E-state index < -0.39 is 5.97 Å². The molecule has 0 aliphatic rings. The van der Waals surface area contributed by atoms with E-state index >= 15 is 0 Å². The molecule has 0 saturated heterocycles. The lowest BCUT2D eigenvalue weighted by Crippen LogP contribution is -1.93. The fourth-order valence-electron chi connectivity index (χ4n) is 1.78. The van der Waals surface area contributed by atoms with Gasteiger partial charge in [0.25, 0.3) is 0 Å². The highest BCUT2D eigenvalue weighted by atomic mass is 35.5. The van der Waals surface area contributed by atoms with Crippen LogP contribution in [0.15, 0.2) is 36.4 Å². The molecule has 2 aromatic carbocycles. The fraction of sp³-hybridized carbons (Fsp3) is 0.133. The molecule has 0 atom stereocenters. The molecular formula is C15H13ClO2. The maximum Gasteiger partial charge on any atom is 0.330 e. The van der Waals surface area contributed by atoms with E-state index in [0.717, 1.165) is 16.3 Å². The van der Waals surface area contributed by atoms with Crippen LogP contribution in [-0.4, -0.2) is 13.1 Å². The molecule has 0 aliphatic carbocycles. The second-order valence-corrected chi connectivity index (χ2v) is 4.43. The summed E-state index contributed by atoms with van der Waals surface area (Å²) in [5.74, 6) is -0.393. The molecule has 0 fully saturated rings. The molecule has 0 aliphatic heterocycles. The van der Waals surface area contributed by atoms with Crippen molar-refractivity contribution in [2.24, 2.45) is 0 Å². The van der Waals surface area contributed by atoms with Crippen molar-refractivity contribution in [1.82, 2.24) is 0 Å². The quantitative estimate of drug-likeness (QED) is 0.603. The van der Waals surface area contributed by atoms with Crippen LogP contribution in [0.4, 0.5) is 0 Å². The Morgan fingerprint density at radius 3 is 2.78 bits per heavy atom. The standard InChI is InChI=1S/C15H13ClO2/c1-10-3-7-13-12(9-10)5-4-11(15(13)16)6-8-14(17)18-2/h3-9H,1-2H3/b8-6+. The summed E-state index contributed by atoms with van der Waals surface area (Å²) in [7, 11) is 1.34. The van der Waals surface area contributed by atoms with E-state index in [9.17, 15) is 4.79 Å². The minimum atomic E-state index is -0.393. The third-order valence-corrected chi connectivity index (χ3v) is 3.16. The van der Waals surface area contributed by atoms with Gasteiger partial charge < -0.3 is 4.74 Å². The topological polar surface area (TPSA) is 26.3 Å². The Morgan fingerprint density at radius 2 is 2.06 bits per heavy atom. The van der Waals surface area contributed by atoms with Crippen molar-refractivity contribution in [2.75, 3.05) is 7.11 Å². The van der Waals surface area contributed by atoms with Crippen LogP contribution in [0.2, 0.25) is 5.02 Å². The van der Waals surface area contributed by atoms with Crippen molar-refractivity contribution < 1.29 is 9.53 Å². The molecule has 0 heterocycles. The minimum Gasteiger partial charge on any atom is -0.466 e. The van der Waals surface area contributed by atoms with Crippen LogP contribution >= 0.6 is 11.6 Å². The molecular weight excluding hydrogens is 248 g/mol. The highest BCUT2D eigenvalue weighted by Gasteiger charge is 2.04. The van der Waals surface area contributed by atoms with E-state index in [2.05, 4.69) is 10.8 Å². The summed E-state index contributed by atoms with van der Waals surface area (Å²) in [4.78, 5) is 11.1. The highest BCUT2D eigenvalue weighted by molar-refractivity contribution is 6.37. The van der Waals surface area contributed by atoms with Crippen LogP contribution in [0.25, 0.3) is 16.8 Å². The number of hydrogen-bond acceptors (Lipinski definition) is 2. The first-order chi connectivity index (χ1) is 8.61. The molecule has 0 N–H and O–H groups in total. The van der Waals surface area contributed by atoms with Gasteiger partial charge in [-0.25, -0.2) is 4.79 Å². The Balaban J connectivity index is 2.48. The molecule has 92 valence electrons. The Hall–Kier alpha value is -1.80. The third kappa shape index (κ3) is 2.54. The van der Waals surface area contributed by atoms with E-state index in [0.29, 0.717) is 5.02 Å². The predicted octanol–water partition coefficient (Wildman–Crippen LogP) is 3.99. The van der Waals surface area contributed by atoms with Gasteiger partial charge in [0.2, 0.25) is 0 Å². The molecule has 2 aromatic rings. The van der Waals surface area contributed by atoms with Crippen molar-refractivity contribution in [3.05, 3.63) is 52.6 Å². The molecule has 0 unspecified atom stereocenters. The van der Waals surface area contributed by atoms with Crippen LogP contribution in [0.1, 0.15) is 11.1 Å². The number of ether oxygens (including phenoxy) is 1. The number of fused-ring (bicyclic) bond motifs is 1. The predicted molar refractivity (Wildman–Crippen MR) is 74.7 cm³/mol. The van der Waals surface area contributed by atoms with Crippen LogP contribution in [0.3, 0.4) is 0 Å². The van der Waals surface area contributed by atoms with Gasteiger partial charge in [0, 0.05) is 11.5 Å². The monoisotopic (exact) mass is 260 g/mol. The van der Waals surface area contributed by atoms with Gasteiger partial charge >= 0.3 is 5.97 Å². The maximum absolute atomic E-state index is 11.1. The van der Waals surface area contributed by atoms with Crippen LogP contribution in [-0.2, 0) is 9.53 Å². The van der Waals surface area contributed by atoms with Crippen LogP contribution in [0.5, 0.6) is 0 Å². The molecule has 0 radical (unpaired) electrons. The molecule has 0 saturated carbocycles. The highest BCUT2D eigenvalue weighted by Crippen LogP contribution is 2.28. The van der Waals surface area contributed by atoms with E-state index in [1.807, 2.05) is 31.2 Å². The Labute approximate surface area is 111 Å². The molecule has 2 nitrogen and oxygen atoms in total. The molecule has 0 aromatic heterocycles. The summed E-state index contributed by atoms with van der Waals surface area (Å²) in [6.45, 7) is 2.04. The first kappa shape index (κ1) is 12.7. The lowest BCUT2D eigenvalue weighted by molar-refractivity contribution is -0.134. The second kappa shape index (κ2) is 5.23. The number of aryl methyl sites for hydroxylation is 1. The number of benzene rings is 2. The smallest absolute Gasteiger partial charge is 0.330 e. The van der Waals surface area contributed by atoms with Crippen molar-refractivity contribution in [3.8, 4) is 0 Å². The van der Waals surface area contributed by atoms with Gasteiger partial charge in [0.05, 0.1) is 12.1 Å². The lowest BCUT2D eigenvalue weighted by Gasteiger charge is -2.05. The first-order valence-corrected chi connectivity index (χ1v) is 5.94. The van der Waals surface area contributed by atoms with Gasteiger partial charge in [0.1, 0.15) is 0 Å². The van der Waals surface area contributed by atoms with E-state index in [-0.39, 0.29) is 0 Å². The summed E-state index contributed by atoms with van der Waals surface area (Å²) in [6, 6.07) is 9.97. The summed E-state index contributed by atoms with van der Waals surface area (Å²) in [5.41, 5.74) is 2.00. The zero-order chi connectivity index (χ0) is 13.1. The average molecular weight is 261 g/mol. The van der Waals surface area contributed by atoms with E-state index in [4.69, 9.17) is 11.6 Å². The first-order valence-electron chi connectivity index (χ1n) is 5.56. The number of rotatable bonds is 2. The largest absolute Gasteiger partial charge is 0.466 e. The van der Waals surface area contributed by atoms with E-state index in [1.165, 1.54) is 18.7 Å². The third-order valence-electron chi connectivity index (χ3n) is 2.74. The number of hydrogen-bond donors (Lipinski definition) is 0. The number of carbonyl (C=O) groups is 1. The SMILES string of the molecule is COC(=O)/C=C/c1ccc2cc(C)ccc2c1Cl. The maximum atomic E-state index is 11.1. The Bertz CT molecular complexity index is 630. The zero-order valence-corrected chi connectivity index (χ0v) is 11.0. The Kier molecular flexibility index (Phi) is 3.68. The number of esters is 1. The molecule has 0 bridgehead atoms. The number of halogens is 1. The van der Waals surface area contributed by atoms with Gasteiger partial charge in [-0.1, -0.05) is 47.5 Å². The van der Waals surface area contributed by atoms with Crippen molar-refractivity contribution >= 4 is 34.4 Å². The van der Waals surface area contributed by atoms with Gasteiger partial charge in [-0.05, 0) is 23.9 Å². The summed E-state index contributed by atoms with van der Waals surface area (Å²) in [6.07, 6.45) is 3.02. The minimum absolute atomic E-state index is 0.393. The normalized spacial score (nSPS) is 11.1. The van der Waals surface area contributed by atoms with Crippen molar-refractivity contribution in [2.45, 2.75) is 6.92 Å². The van der Waals surface area contributed by atoms with Gasteiger partial charge in [-0.3, -0.25) is 0 Å².